The monoisotopic (exact) mass is 260 g/mol. The molecule has 0 radical (unpaired) electrons. The molecule has 0 aromatic heterocycles. The Hall–Kier alpha value is -1.24. The smallest absolute Gasteiger partial charge is 0.0598 e. The lowest BCUT2D eigenvalue weighted by molar-refractivity contribution is 1.32. The molecule has 84 valence electrons. The van der Waals surface area contributed by atoms with E-state index < -0.39 is 0 Å². The van der Waals surface area contributed by atoms with Crippen molar-refractivity contribution in [3.05, 3.63) is 69.2 Å². The van der Waals surface area contributed by atoms with Crippen molar-refractivity contribution in [2.45, 2.75) is 6.42 Å². The molecule has 2 aromatic carbocycles. The SMILES string of the molecule is Clc1ccc(C2=Cc3ccccc3C2)cc1Cl. The van der Waals surface area contributed by atoms with Gasteiger partial charge in [0.05, 0.1) is 10.0 Å². The molecule has 0 saturated heterocycles. The van der Waals surface area contributed by atoms with Crippen LogP contribution in [0.4, 0.5) is 0 Å². The van der Waals surface area contributed by atoms with Gasteiger partial charge in [0.25, 0.3) is 0 Å². The number of benzene rings is 2. The van der Waals surface area contributed by atoms with E-state index >= 15 is 0 Å². The highest BCUT2D eigenvalue weighted by Crippen LogP contribution is 2.33. The summed E-state index contributed by atoms with van der Waals surface area (Å²) in [6.45, 7) is 0. The summed E-state index contributed by atoms with van der Waals surface area (Å²) in [5.74, 6) is 0. The van der Waals surface area contributed by atoms with E-state index in [0.29, 0.717) is 10.0 Å². The molecule has 0 bridgehead atoms. The lowest BCUT2D eigenvalue weighted by atomic mass is 10.0. The summed E-state index contributed by atoms with van der Waals surface area (Å²) in [5, 5.41) is 1.22. The topological polar surface area (TPSA) is 0 Å². The third kappa shape index (κ3) is 1.99. The van der Waals surface area contributed by atoms with Gasteiger partial charge < -0.3 is 0 Å². The fourth-order valence-corrected chi connectivity index (χ4v) is 2.46. The molecule has 0 nitrogen and oxygen atoms in total. The fourth-order valence-electron chi connectivity index (χ4n) is 2.16. The van der Waals surface area contributed by atoms with E-state index in [1.807, 2.05) is 18.2 Å². The molecule has 17 heavy (non-hydrogen) atoms. The zero-order valence-electron chi connectivity index (χ0n) is 9.08. The van der Waals surface area contributed by atoms with E-state index in [2.05, 4.69) is 30.3 Å². The Labute approximate surface area is 110 Å². The molecule has 0 amide bonds. The third-order valence-corrected chi connectivity index (χ3v) is 3.80. The molecular weight excluding hydrogens is 251 g/mol. The van der Waals surface area contributed by atoms with Crippen LogP contribution in [0.1, 0.15) is 16.7 Å². The summed E-state index contributed by atoms with van der Waals surface area (Å²) in [5.41, 5.74) is 5.11. The second-order valence-electron chi connectivity index (χ2n) is 4.17. The quantitative estimate of drug-likeness (QED) is 0.670. The first-order valence-corrected chi connectivity index (χ1v) is 6.23. The highest BCUT2D eigenvalue weighted by Gasteiger charge is 2.13. The van der Waals surface area contributed by atoms with E-state index in [1.165, 1.54) is 16.7 Å². The number of halogens is 2. The van der Waals surface area contributed by atoms with E-state index in [4.69, 9.17) is 23.2 Å². The first-order valence-electron chi connectivity index (χ1n) is 5.48. The van der Waals surface area contributed by atoms with E-state index in [1.54, 1.807) is 0 Å². The van der Waals surface area contributed by atoms with Gasteiger partial charge in [-0.2, -0.15) is 0 Å². The Morgan fingerprint density at radius 3 is 2.47 bits per heavy atom. The molecule has 0 fully saturated rings. The van der Waals surface area contributed by atoms with Gasteiger partial charge in [0.15, 0.2) is 0 Å². The molecule has 0 spiro atoms. The van der Waals surface area contributed by atoms with Crippen LogP contribution in [-0.4, -0.2) is 0 Å². The van der Waals surface area contributed by atoms with Crippen LogP contribution in [0.15, 0.2) is 42.5 Å². The predicted molar refractivity (Wildman–Crippen MR) is 74.5 cm³/mol. The first-order chi connectivity index (χ1) is 8.24. The maximum absolute atomic E-state index is 6.04. The number of fused-ring (bicyclic) bond motifs is 1. The van der Waals surface area contributed by atoms with Crippen LogP contribution in [0.3, 0.4) is 0 Å². The van der Waals surface area contributed by atoms with Gasteiger partial charge in [-0.1, -0.05) is 59.6 Å². The van der Waals surface area contributed by atoms with Crippen LogP contribution < -0.4 is 0 Å². The third-order valence-electron chi connectivity index (χ3n) is 3.06. The molecule has 0 heterocycles. The minimum Gasteiger partial charge on any atom is -0.0827 e. The number of rotatable bonds is 1. The summed E-state index contributed by atoms with van der Waals surface area (Å²) in [6, 6.07) is 14.2. The molecule has 0 saturated carbocycles. The second-order valence-corrected chi connectivity index (χ2v) is 4.99. The van der Waals surface area contributed by atoms with Gasteiger partial charge in [-0.05, 0) is 40.8 Å². The van der Waals surface area contributed by atoms with Gasteiger partial charge in [0, 0.05) is 0 Å². The normalized spacial score (nSPS) is 13.4. The Morgan fingerprint density at radius 1 is 0.882 bits per heavy atom. The number of hydrogen-bond acceptors (Lipinski definition) is 0. The highest BCUT2D eigenvalue weighted by atomic mass is 35.5. The van der Waals surface area contributed by atoms with Gasteiger partial charge in [-0.3, -0.25) is 0 Å². The molecule has 2 heteroatoms. The molecule has 0 N–H and O–H groups in total. The largest absolute Gasteiger partial charge is 0.0827 e. The molecular formula is C15H10Cl2. The molecule has 2 aromatic rings. The first kappa shape index (κ1) is 10.9. The standard InChI is InChI=1S/C15H10Cl2/c16-14-6-5-12(9-15(14)17)13-7-10-3-1-2-4-11(10)8-13/h1-7,9H,8H2. The predicted octanol–water partition coefficient (Wildman–Crippen LogP) is 5.09. The van der Waals surface area contributed by atoms with E-state index in [0.717, 1.165) is 12.0 Å². The van der Waals surface area contributed by atoms with Crippen molar-refractivity contribution < 1.29 is 0 Å². The minimum atomic E-state index is 0.603. The van der Waals surface area contributed by atoms with Gasteiger partial charge in [-0.15, -0.1) is 0 Å². The second kappa shape index (κ2) is 4.21. The van der Waals surface area contributed by atoms with Crippen molar-refractivity contribution in [1.29, 1.82) is 0 Å². The maximum Gasteiger partial charge on any atom is 0.0598 e. The molecule has 3 rings (SSSR count). The van der Waals surface area contributed by atoms with E-state index in [9.17, 15) is 0 Å². The zero-order valence-corrected chi connectivity index (χ0v) is 10.6. The van der Waals surface area contributed by atoms with Gasteiger partial charge in [0.2, 0.25) is 0 Å². The average molecular weight is 261 g/mol. The molecule has 0 atom stereocenters. The minimum absolute atomic E-state index is 0.603. The van der Waals surface area contributed by atoms with Crippen molar-refractivity contribution in [1.82, 2.24) is 0 Å². The maximum atomic E-state index is 6.04. The Morgan fingerprint density at radius 2 is 1.71 bits per heavy atom. The summed E-state index contributed by atoms with van der Waals surface area (Å²) in [6.07, 6.45) is 3.18. The van der Waals surface area contributed by atoms with Crippen LogP contribution >= 0.6 is 23.2 Å². The van der Waals surface area contributed by atoms with Crippen LogP contribution in [0.25, 0.3) is 11.6 Å². The van der Waals surface area contributed by atoms with Crippen LogP contribution in [0.5, 0.6) is 0 Å². The van der Waals surface area contributed by atoms with E-state index in [-0.39, 0.29) is 0 Å². The summed E-state index contributed by atoms with van der Waals surface area (Å²) < 4.78 is 0. The summed E-state index contributed by atoms with van der Waals surface area (Å²) >= 11 is 12.0. The molecule has 1 aliphatic rings. The van der Waals surface area contributed by atoms with Crippen molar-refractivity contribution >= 4 is 34.9 Å². The van der Waals surface area contributed by atoms with Crippen LogP contribution in [0, 0.1) is 0 Å². The van der Waals surface area contributed by atoms with Gasteiger partial charge in [0.1, 0.15) is 0 Å². The molecule has 0 aliphatic heterocycles. The van der Waals surface area contributed by atoms with Crippen molar-refractivity contribution in [3.8, 4) is 0 Å². The lowest BCUT2D eigenvalue weighted by Crippen LogP contribution is -1.85. The number of hydrogen-bond donors (Lipinski definition) is 0. The van der Waals surface area contributed by atoms with Crippen molar-refractivity contribution in [3.63, 3.8) is 0 Å². The van der Waals surface area contributed by atoms with Crippen LogP contribution in [-0.2, 0) is 6.42 Å². The fraction of sp³-hybridized carbons (Fsp3) is 0.0667. The lowest BCUT2D eigenvalue weighted by Gasteiger charge is -2.04. The zero-order chi connectivity index (χ0) is 11.8. The van der Waals surface area contributed by atoms with Crippen molar-refractivity contribution in [2.75, 3.05) is 0 Å². The molecule has 0 unspecified atom stereocenters. The highest BCUT2D eigenvalue weighted by molar-refractivity contribution is 6.42. The number of allylic oxidation sites excluding steroid dienone is 1. The Balaban J connectivity index is 2.01. The Kier molecular flexibility index (Phi) is 2.70. The average Bonchev–Trinajstić information content (AvgIpc) is 2.76. The molecule has 1 aliphatic carbocycles. The summed E-state index contributed by atoms with van der Waals surface area (Å²) in [7, 11) is 0. The Bertz CT molecular complexity index is 612. The summed E-state index contributed by atoms with van der Waals surface area (Å²) in [4.78, 5) is 0. The van der Waals surface area contributed by atoms with Crippen molar-refractivity contribution in [2.24, 2.45) is 0 Å². The van der Waals surface area contributed by atoms with Gasteiger partial charge in [-0.25, -0.2) is 0 Å². The van der Waals surface area contributed by atoms with Gasteiger partial charge >= 0.3 is 0 Å². The van der Waals surface area contributed by atoms with Crippen LogP contribution in [0.2, 0.25) is 10.0 Å².